The number of aryl methyl sites for hydroxylation is 3. The number of hydrogen-bond donors (Lipinski definition) is 0. The Morgan fingerprint density at radius 2 is 1.76 bits per heavy atom. The van der Waals surface area contributed by atoms with Crippen LogP contribution in [0, 0.1) is 25.7 Å². The molecular weight excluding hydrogens is 364 g/mol. The van der Waals surface area contributed by atoms with Gasteiger partial charge in [0, 0.05) is 69.8 Å². The predicted molar refractivity (Wildman–Crippen MR) is 111 cm³/mol. The minimum absolute atomic E-state index is 0.716. The van der Waals surface area contributed by atoms with E-state index in [0.717, 1.165) is 49.1 Å². The third kappa shape index (κ3) is 3.53. The summed E-state index contributed by atoms with van der Waals surface area (Å²) < 4.78 is 3.88. The molecule has 3 aromatic rings. The molecule has 2 fully saturated rings. The zero-order valence-corrected chi connectivity index (χ0v) is 17.4. The molecule has 0 aromatic carbocycles. The Balaban J connectivity index is 1.22. The van der Waals surface area contributed by atoms with Gasteiger partial charge in [-0.25, -0.2) is 14.6 Å². The first-order chi connectivity index (χ1) is 14.1. The highest BCUT2D eigenvalue weighted by Gasteiger charge is 2.40. The lowest BCUT2D eigenvalue weighted by Crippen LogP contribution is -2.30. The standard InChI is InChI=1S/C21H28N8/c1-15-8-16(2)29(25-15)21-9-20(22-14-23-21)28-12-17-10-27(11-18(17)13-28)7-5-19-4-6-24-26(19)3/h4,6,8-9,14,17-18H,5,7,10-13H2,1-3H3. The molecule has 0 radical (unpaired) electrons. The average Bonchev–Trinajstić information content (AvgIpc) is 3.44. The highest BCUT2D eigenvalue weighted by atomic mass is 15.3. The molecule has 2 atom stereocenters. The van der Waals surface area contributed by atoms with E-state index in [1.165, 1.54) is 18.8 Å². The summed E-state index contributed by atoms with van der Waals surface area (Å²) in [5.41, 5.74) is 3.40. The Kier molecular flexibility index (Phi) is 4.58. The largest absolute Gasteiger partial charge is 0.356 e. The van der Waals surface area contributed by atoms with Gasteiger partial charge in [-0.15, -0.1) is 0 Å². The molecule has 0 spiro atoms. The van der Waals surface area contributed by atoms with Crippen LogP contribution in [-0.2, 0) is 13.5 Å². The number of nitrogens with zero attached hydrogens (tertiary/aromatic N) is 8. The molecule has 2 aliphatic heterocycles. The summed E-state index contributed by atoms with van der Waals surface area (Å²) in [6.45, 7) is 9.67. The number of likely N-dealkylation sites (tertiary alicyclic amines) is 1. The zero-order valence-electron chi connectivity index (χ0n) is 17.4. The van der Waals surface area contributed by atoms with Crippen molar-refractivity contribution in [1.29, 1.82) is 0 Å². The summed E-state index contributed by atoms with van der Waals surface area (Å²) in [7, 11) is 2.02. The van der Waals surface area contributed by atoms with Crippen molar-refractivity contribution in [3.05, 3.63) is 47.8 Å². The van der Waals surface area contributed by atoms with Crippen LogP contribution in [0.25, 0.3) is 5.82 Å². The summed E-state index contributed by atoms with van der Waals surface area (Å²) in [5, 5.41) is 8.83. The van der Waals surface area contributed by atoms with E-state index in [1.807, 2.05) is 29.5 Å². The van der Waals surface area contributed by atoms with Crippen molar-refractivity contribution in [3.63, 3.8) is 0 Å². The fraction of sp³-hybridized carbons (Fsp3) is 0.524. The number of hydrogen-bond acceptors (Lipinski definition) is 6. The first kappa shape index (κ1) is 18.3. The Bertz CT molecular complexity index is 992. The second-order valence-electron chi connectivity index (χ2n) is 8.45. The van der Waals surface area contributed by atoms with Gasteiger partial charge in [0.2, 0.25) is 0 Å². The monoisotopic (exact) mass is 392 g/mol. The van der Waals surface area contributed by atoms with E-state index < -0.39 is 0 Å². The van der Waals surface area contributed by atoms with E-state index in [9.17, 15) is 0 Å². The maximum atomic E-state index is 4.56. The minimum atomic E-state index is 0.716. The first-order valence-corrected chi connectivity index (χ1v) is 10.4. The molecule has 0 N–H and O–H groups in total. The van der Waals surface area contributed by atoms with Crippen molar-refractivity contribution in [2.45, 2.75) is 20.3 Å². The normalized spacial score (nSPS) is 21.8. The van der Waals surface area contributed by atoms with Crippen LogP contribution >= 0.6 is 0 Å². The van der Waals surface area contributed by atoms with Crippen LogP contribution in [-0.4, -0.2) is 67.2 Å². The lowest BCUT2D eigenvalue weighted by molar-refractivity contribution is 0.318. The average molecular weight is 393 g/mol. The van der Waals surface area contributed by atoms with Crippen molar-refractivity contribution in [3.8, 4) is 5.82 Å². The van der Waals surface area contributed by atoms with Gasteiger partial charge in [-0.05, 0) is 37.8 Å². The topological polar surface area (TPSA) is 67.9 Å². The summed E-state index contributed by atoms with van der Waals surface area (Å²) in [5.74, 6) is 3.29. The third-order valence-corrected chi connectivity index (χ3v) is 6.36. The van der Waals surface area contributed by atoms with Gasteiger partial charge in [0.15, 0.2) is 5.82 Å². The van der Waals surface area contributed by atoms with E-state index in [-0.39, 0.29) is 0 Å². The molecule has 2 unspecified atom stereocenters. The van der Waals surface area contributed by atoms with Crippen LogP contribution in [0.2, 0.25) is 0 Å². The van der Waals surface area contributed by atoms with Crippen LogP contribution < -0.4 is 4.90 Å². The van der Waals surface area contributed by atoms with E-state index >= 15 is 0 Å². The van der Waals surface area contributed by atoms with Gasteiger partial charge in [-0.3, -0.25) is 4.68 Å². The Morgan fingerprint density at radius 1 is 1.00 bits per heavy atom. The summed E-state index contributed by atoms with van der Waals surface area (Å²) in [6.07, 6.45) is 4.61. The smallest absolute Gasteiger partial charge is 0.159 e. The first-order valence-electron chi connectivity index (χ1n) is 10.4. The lowest BCUT2D eigenvalue weighted by atomic mass is 10.0. The van der Waals surface area contributed by atoms with Crippen molar-refractivity contribution in [2.24, 2.45) is 18.9 Å². The van der Waals surface area contributed by atoms with Gasteiger partial charge in [-0.2, -0.15) is 10.2 Å². The number of fused-ring (bicyclic) bond motifs is 1. The van der Waals surface area contributed by atoms with Gasteiger partial charge in [0.25, 0.3) is 0 Å². The van der Waals surface area contributed by atoms with Gasteiger partial charge < -0.3 is 9.80 Å². The van der Waals surface area contributed by atoms with Crippen molar-refractivity contribution in [1.82, 2.24) is 34.4 Å². The van der Waals surface area contributed by atoms with Crippen LogP contribution in [0.1, 0.15) is 17.1 Å². The summed E-state index contributed by atoms with van der Waals surface area (Å²) in [6, 6.07) is 6.26. The lowest BCUT2D eigenvalue weighted by Gasteiger charge is -2.22. The van der Waals surface area contributed by atoms with Gasteiger partial charge in [-0.1, -0.05) is 0 Å². The van der Waals surface area contributed by atoms with Gasteiger partial charge >= 0.3 is 0 Å². The number of anilines is 1. The quantitative estimate of drug-likeness (QED) is 0.657. The molecule has 29 heavy (non-hydrogen) atoms. The second-order valence-corrected chi connectivity index (χ2v) is 8.45. The number of rotatable bonds is 5. The minimum Gasteiger partial charge on any atom is -0.356 e. The third-order valence-electron chi connectivity index (χ3n) is 6.36. The SMILES string of the molecule is Cc1cc(C)n(-c2cc(N3CC4CN(CCc5ccnn5C)CC4C3)ncn2)n1. The molecule has 0 bridgehead atoms. The molecule has 5 heterocycles. The fourth-order valence-electron chi connectivity index (χ4n) is 4.87. The van der Waals surface area contributed by atoms with E-state index in [4.69, 9.17) is 0 Å². The molecule has 0 aliphatic carbocycles. The predicted octanol–water partition coefficient (Wildman–Crippen LogP) is 1.62. The highest BCUT2D eigenvalue weighted by molar-refractivity contribution is 5.45. The number of aromatic nitrogens is 6. The van der Waals surface area contributed by atoms with Crippen LogP contribution in [0.4, 0.5) is 5.82 Å². The van der Waals surface area contributed by atoms with Crippen LogP contribution in [0.3, 0.4) is 0 Å². The fourth-order valence-corrected chi connectivity index (χ4v) is 4.87. The van der Waals surface area contributed by atoms with Gasteiger partial charge in [0.1, 0.15) is 12.1 Å². The molecule has 3 aromatic heterocycles. The van der Waals surface area contributed by atoms with E-state index in [0.29, 0.717) is 11.8 Å². The van der Waals surface area contributed by atoms with Crippen molar-refractivity contribution < 1.29 is 0 Å². The van der Waals surface area contributed by atoms with E-state index in [1.54, 1.807) is 6.33 Å². The maximum Gasteiger partial charge on any atom is 0.159 e. The summed E-state index contributed by atoms with van der Waals surface area (Å²) in [4.78, 5) is 14.0. The Hall–Kier alpha value is -2.74. The molecule has 5 rings (SSSR count). The Labute approximate surface area is 171 Å². The van der Waals surface area contributed by atoms with Crippen molar-refractivity contribution in [2.75, 3.05) is 37.6 Å². The molecule has 0 amide bonds. The Morgan fingerprint density at radius 3 is 2.41 bits per heavy atom. The van der Waals surface area contributed by atoms with Crippen LogP contribution in [0.5, 0.6) is 0 Å². The molecule has 0 saturated carbocycles. The molecule has 2 aliphatic rings. The van der Waals surface area contributed by atoms with Crippen LogP contribution in [0.15, 0.2) is 30.7 Å². The molecule has 8 heteroatoms. The van der Waals surface area contributed by atoms with Gasteiger partial charge in [0.05, 0.1) is 5.69 Å². The molecule has 2 saturated heterocycles. The zero-order chi connectivity index (χ0) is 20.0. The summed E-state index contributed by atoms with van der Waals surface area (Å²) >= 11 is 0. The van der Waals surface area contributed by atoms with Crippen molar-refractivity contribution >= 4 is 5.82 Å². The second kappa shape index (κ2) is 7.26. The molecule has 8 nitrogen and oxygen atoms in total. The highest BCUT2D eigenvalue weighted by Crippen LogP contribution is 2.33. The molecule has 152 valence electrons. The molecular formula is C21H28N8. The van der Waals surface area contributed by atoms with E-state index in [2.05, 4.69) is 55.1 Å². The maximum absolute atomic E-state index is 4.56.